The third-order valence-corrected chi connectivity index (χ3v) is 7.33. The average molecular weight is 560 g/mol. The maximum Gasteiger partial charge on any atom is 0.234 e. The number of aromatic nitrogens is 3. The Labute approximate surface area is 221 Å². The number of thioether (sulfide) groups is 1. The van der Waals surface area contributed by atoms with E-state index in [-0.39, 0.29) is 17.8 Å². The highest BCUT2D eigenvalue weighted by Crippen LogP contribution is 2.28. The Hall–Kier alpha value is -2.32. The van der Waals surface area contributed by atoms with Gasteiger partial charge in [0.15, 0.2) is 17.1 Å². The first kappa shape index (κ1) is 27.3. The molecular weight excluding hydrogens is 524 g/mol. The zero-order chi connectivity index (χ0) is 25.7. The molecule has 1 heterocycles. The molecule has 0 spiro atoms. The predicted octanol–water partition coefficient (Wildman–Crippen LogP) is 7.31. The molecular formula is C27H35BrN4O2S. The molecule has 188 valence electrons. The first-order valence-corrected chi connectivity index (χ1v) is 13.7. The van der Waals surface area contributed by atoms with Crippen LogP contribution in [0.5, 0.6) is 5.75 Å². The van der Waals surface area contributed by atoms with Crippen LogP contribution in [0.4, 0.5) is 5.69 Å². The lowest BCUT2D eigenvalue weighted by Gasteiger charge is -2.18. The molecule has 0 saturated carbocycles. The fourth-order valence-corrected chi connectivity index (χ4v) is 4.94. The molecule has 0 aliphatic carbocycles. The molecule has 3 rings (SSSR count). The summed E-state index contributed by atoms with van der Waals surface area (Å²) in [4.78, 5) is 12.7. The molecule has 0 bridgehead atoms. The topological polar surface area (TPSA) is 69.0 Å². The number of amides is 1. The molecule has 1 amide bonds. The zero-order valence-corrected chi connectivity index (χ0v) is 24.0. The minimum absolute atomic E-state index is 0.0888. The monoisotopic (exact) mass is 558 g/mol. The SMILES string of the molecule is Cc1cc(Br)c(NC(=O)CSc2nnc(C(C)Oc3ccc(C(C)C)cc3)n2CC(C)C)cc1C. The second-order valence-electron chi connectivity index (χ2n) is 9.58. The van der Waals surface area contributed by atoms with Crippen LogP contribution in [0.1, 0.15) is 69.2 Å². The van der Waals surface area contributed by atoms with Gasteiger partial charge < -0.3 is 14.6 Å². The number of ether oxygens (including phenoxy) is 1. The first-order chi connectivity index (χ1) is 16.5. The molecule has 3 aromatic rings. The first-order valence-electron chi connectivity index (χ1n) is 11.9. The van der Waals surface area contributed by atoms with Gasteiger partial charge in [0, 0.05) is 11.0 Å². The number of halogens is 1. The molecule has 1 aromatic heterocycles. The summed E-state index contributed by atoms with van der Waals surface area (Å²) >= 11 is 4.93. The highest BCUT2D eigenvalue weighted by Gasteiger charge is 2.21. The van der Waals surface area contributed by atoms with Gasteiger partial charge in [-0.1, -0.05) is 51.6 Å². The van der Waals surface area contributed by atoms with Crippen molar-refractivity contribution in [1.29, 1.82) is 0 Å². The minimum atomic E-state index is -0.277. The molecule has 1 atom stereocenters. The molecule has 0 saturated heterocycles. The Morgan fingerprint density at radius 2 is 1.71 bits per heavy atom. The molecule has 35 heavy (non-hydrogen) atoms. The van der Waals surface area contributed by atoms with E-state index >= 15 is 0 Å². The lowest BCUT2D eigenvalue weighted by atomic mass is 10.0. The second-order valence-corrected chi connectivity index (χ2v) is 11.4. The standard InChI is InChI=1S/C27H35BrN4O2S/c1-16(2)14-32-26(20(7)34-22-10-8-21(9-11-22)17(3)4)30-31-27(32)35-15-25(33)29-24-13-19(6)18(5)12-23(24)28/h8-13,16-17,20H,14-15H2,1-7H3,(H,29,33). The van der Waals surface area contributed by atoms with Crippen molar-refractivity contribution in [3.8, 4) is 5.75 Å². The van der Waals surface area contributed by atoms with Gasteiger partial charge in [0.1, 0.15) is 5.75 Å². The number of anilines is 1. The Balaban J connectivity index is 1.70. The number of nitrogens with zero attached hydrogens (tertiary/aromatic N) is 3. The second kappa shape index (κ2) is 12.1. The van der Waals surface area contributed by atoms with E-state index < -0.39 is 0 Å². The Morgan fingerprint density at radius 3 is 2.34 bits per heavy atom. The number of rotatable bonds is 10. The Kier molecular flexibility index (Phi) is 9.41. The number of benzene rings is 2. The Bertz CT molecular complexity index is 1160. The van der Waals surface area contributed by atoms with Crippen molar-refractivity contribution < 1.29 is 9.53 Å². The van der Waals surface area contributed by atoms with E-state index in [0.29, 0.717) is 17.0 Å². The van der Waals surface area contributed by atoms with Crippen LogP contribution in [0.15, 0.2) is 46.0 Å². The summed E-state index contributed by atoms with van der Waals surface area (Å²) in [5.74, 6) is 2.57. The van der Waals surface area contributed by atoms with Crippen molar-refractivity contribution in [2.75, 3.05) is 11.1 Å². The van der Waals surface area contributed by atoms with Crippen molar-refractivity contribution in [3.63, 3.8) is 0 Å². The average Bonchev–Trinajstić information content (AvgIpc) is 3.18. The summed E-state index contributed by atoms with van der Waals surface area (Å²) in [6.45, 7) is 15.5. The normalized spacial score (nSPS) is 12.3. The Morgan fingerprint density at radius 1 is 1.06 bits per heavy atom. The van der Waals surface area contributed by atoms with E-state index in [0.717, 1.165) is 33.8 Å². The molecule has 0 aliphatic heterocycles. The van der Waals surface area contributed by atoms with Gasteiger partial charge >= 0.3 is 0 Å². The predicted molar refractivity (Wildman–Crippen MR) is 147 cm³/mol. The summed E-state index contributed by atoms with van der Waals surface area (Å²) in [7, 11) is 0. The largest absolute Gasteiger partial charge is 0.483 e. The van der Waals surface area contributed by atoms with E-state index in [9.17, 15) is 4.79 Å². The molecule has 6 nitrogen and oxygen atoms in total. The molecule has 1 N–H and O–H groups in total. The van der Waals surface area contributed by atoms with Gasteiger partial charge in [-0.15, -0.1) is 10.2 Å². The maximum atomic E-state index is 12.7. The number of hydrogen-bond acceptors (Lipinski definition) is 5. The van der Waals surface area contributed by atoms with Crippen LogP contribution < -0.4 is 10.1 Å². The molecule has 1 unspecified atom stereocenters. The van der Waals surface area contributed by atoms with Crippen LogP contribution in [-0.4, -0.2) is 26.4 Å². The molecule has 0 fully saturated rings. The van der Waals surface area contributed by atoms with Crippen molar-refractivity contribution in [1.82, 2.24) is 14.8 Å². The van der Waals surface area contributed by atoms with Crippen LogP contribution in [-0.2, 0) is 11.3 Å². The lowest BCUT2D eigenvalue weighted by molar-refractivity contribution is -0.113. The van der Waals surface area contributed by atoms with Crippen molar-refractivity contribution in [3.05, 3.63) is 63.4 Å². The fourth-order valence-electron chi connectivity index (χ4n) is 3.63. The third kappa shape index (κ3) is 7.34. The van der Waals surface area contributed by atoms with E-state index in [1.807, 2.05) is 45.0 Å². The van der Waals surface area contributed by atoms with Crippen molar-refractivity contribution in [2.45, 2.75) is 72.2 Å². The fraction of sp³-hybridized carbons (Fsp3) is 0.444. The van der Waals surface area contributed by atoms with Crippen molar-refractivity contribution >= 4 is 39.3 Å². The quantitative estimate of drug-likeness (QED) is 0.264. The van der Waals surface area contributed by atoms with Crippen molar-refractivity contribution in [2.24, 2.45) is 5.92 Å². The van der Waals surface area contributed by atoms with E-state index in [4.69, 9.17) is 4.74 Å². The number of nitrogens with one attached hydrogen (secondary N) is 1. The molecule has 2 aromatic carbocycles. The third-order valence-electron chi connectivity index (χ3n) is 5.71. The van der Waals surface area contributed by atoms with Crippen LogP contribution in [0.25, 0.3) is 0 Å². The maximum absolute atomic E-state index is 12.7. The van der Waals surface area contributed by atoms with Gasteiger partial charge in [-0.3, -0.25) is 4.79 Å². The van der Waals surface area contributed by atoms with Crippen LogP contribution in [0, 0.1) is 19.8 Å². The summed E-state index contributed by atoms with van der Waals surface area (Å²) < 4.78 is 9.14. The molecule has 0 aliphatic rings. The zero-order valence-electron chi connectivity index (χ0n) is 21.6. The van der Waals surface area contributed by atoms with Gasteiger partial charge in [0.2, 0.25) is 5.91 Å². The minimum Gasteiger partial charge on any atom is -0.483 e. The summed E-state index contributed by atoms with van der Waals surface area (Å²) in [5, 5.41) is 12.5. The number of carbonyl (C=O) groups excluding carboxylic acids is 1. The number of aryl methyl sites for hydroxylation is 2. The van der Waals surface area contributed by atoms with E-state index in [2.05, 4.69) is 75.8 Å². The van der Waals surface area contributed by atoms with Crippen LogP contribution in [0.2, 0.25) is 0 Å². The van der Waals surface area contributed by atoms with E-state index in [1.54, 1.807) is 0 Å². The van der Waals surface area contributed by atoms with Gasteiger partial charge in [-0.2, -0.15) is 0 Å². The van der Waals surface area contributed by atoms with Gasteiger partial charge in [0.05, 0.1) is 11.4 Å². The molecule has 0 radical (unpaired) electrons. The van der Waals surface area contributed by atoms with Gasteiger partial charge in [-0.05, 0) is 89.5 Å². The molecule has 8 heteroatoms. The van der Waals surface area contributed by atoms with E-state index in [1.165, 1.54) is 22.9 Å². The highest BCUT2D eigenvalue weighted by molar-refractivity contribution is 9.10. The smallest absolute Gasteiger partial charge is 0.234 e. The van der Waals surface area contributed by atoms with Gasteiger partial charge in [0.25, 0.3) is 0 Å². The summed E-state index contributed by atoms with van der Waals surface area (Å²) in [5.41, 5.74) is 4.35. The van der Waals surface area contributed by atoms with Crippen LogP contribution >= 0.6 is 27.7 Å². The lowest BCUT2D eigenvalue weighted by Crippen LogP contribution is -2.17. The highest BCUT2D eigenvalue weighted by atomic mass is 79.9. The number of carbonyl (C=O) groups is 1. The van der Waals surface area contributed by atoms with Gasteiger partial charge in [-0.25, -0.2) is 0 Å². The number of hydrogen-bond donors (Lipinski definition) is 1. The summed E-state index contributed by atoms with van der Waals surface area (Å²) in [6, 6.07) is 12.2. The van der Waals surface area contributed by atoms with Crippen LogP contribution in [0.3, 0.4) is 0 Å². The summed E-state index contributed by atoms with van der Waals surface area (Å²) in [6.07, 6.45) is -0.277.